The second-order valence-corrected chi connectivity index (χ2v) is 7.48. The molecular formula is C16H23N3O4S. The van der Waals surface area contributed by atoms with E-state index in [1.54, 1.807) is 21.9 Å². The number of carbonyl (C=O) groups is 2. The van der Waals surface area contributed by atoms with Gasteiger partial charge in [-0.1, -0.05) is 19.4 Å². The number of rotatable bonds is 7. The van der Waals surface area contributed by atoms with E-state index in [2.05, 4.69) is 4.72 Å². The van der Waals surface area contributed by atoms with Crippen LogP contribution in [0, 0.1) is 0 Å². The van der Waals surface area contributed by atoms with Crippen molar-refractivity contribution in [3.05, 3.63) is 29.8 Å². The normalized spacial score (nSPS) is 15.4. The van der Waals surface area contributed by atoms with Gasteiger partial charge in [0.2, 0.25) is 16.4 Å². The average molecular weight is 353 g/mol. The Morgan fingerprint density at radius 1 is 1.25 bits per heavy atom. The van der Waals surface area contributed by atoms with E-state index in [4.69, 9.17) is 0 Å². The van der Waals surface area contributed by atoms with Crippen molar-refractivity contribution < 1.29 is 18.0 Å². The molecule has 1 N–H and O–H groups in total. The van der Waals surface area contributed by atoms with Crippen LogP contribution in [0.1, 0.15) is 30.1 Å². The monoisotopic (exact) mass is 353 g/mol. The van der Waals surface area contributed by atoms with Crippen molar-refractivity contribution >= 4 is 22.3 Å². The molecule has 7 nitrogen and oxygen atoms in total. The van der Waals surface area contributed by atoms with Crippen LogP contribution in [-0.2, 0) is 14.8 Å². The molecule has 8 heteroatoms. The molecule has 2 amide bonds. The lowest BCUT2D eigenvalue weighted by atomic mass is 10.2. The second-order valence-electron chi connectivity index (χ2n) is 5.71. The third-order valence-electron chi connectivity index (χ3n) is 3.96. The minimum Gasteiger partial charge on any atom is -0.342 e. The molecule has 1 heterocycles. The van der Waals surface area contributed by atoms with Crippen LogP contribution in [0.4, 0.5) is 0 Å². The average Bonchev–Trinajstić information content (AvgIpc) is 2.61. The smallest absolute Gasteiger partial charge is 0.254 e. The number of hydrogen-bond acceptors (Lipinski definition) is 4. The number of unbranched alkanes of at least 4 members (excludes halogenated alkanes) is 1. The van der Waals surface area contributed by atoms with Gasteiger partial charge in [-0.05, 0) is 24.6 Å². The molecule has 0 spiro atoms. The predicted molar refractivity (Wildman–Crippen MR) is 90.1 cm³/mol. The SMILES string of the molecule is CCCCNS(=O)(=O)c1cccc(C(=O)N2CCN(C=O)CC2)c1. The van der Waals surface area contributed by atoms with Crippen molar-refractivity contribution in [1.29, 1.82) is 0 Å². The summed E-state index contributed by atoms with van der Waals surface area (Å²) in [7, 11) is -3.61. The van der Waals surface area contributed by atoms with Gasteiger partial charge in [-0.3, -0.25) is 9.59 Å². The van der Waals surface area contributed by atoms with Crippen molar-refractivity contribution in [1.82, 2.24) is 14.5 Å². The summed E-state index contributed by atoms with van der Waals surface area (Å²) in [6.07, 6.45) is 2.43. The summed E-state index contributed by atoms with van der Waals surface area (Å²) in [5, 5.41) is 0. The van der Waals surface area contributed by atoms with Crippen molar-refractivity contribution in [3.8, 4) is 0 Å². The summed E-state index contributed by atoms with van der Waals surface area (Å²) in [5.74, 6) is -0.217. The number of nitrogens with one attached hydrogen (secondary N) is 1. The number of benzene rings is 1. The van der Waals surface area contributed by atoms with Gasteiger partial charge < -0.3 is 9.80 Å². The minimum absolute atomic E-state index is 0.0935. The van der Waals surface area contributed by atoms with Crippen molar-refractivity contribution in [2.75, 3.05) is 32.7 Å². The van der Waals surface area contributed by atoms with E-state index in [-0.39, 0.29) is 10.8 Å². The van der Waals surface area contributed by atoms with Crippen LogP contribution in [0.25, 0.3) is 0 Å². The summed E-state index contributed by atoms with van der Waals surface area (Å²) in [4.78, 5) is 26.6. The summed E-state index contributed by atoms with van der Waals surface area (Å²) < 4.78 is 27.1. The van der Waals surface area contributed by atoms with E-state index < -0.39 is 10.0 Å². The first-order valence-corrected chi connectivity index (χ1v) is 9.54. The quantitative estimate of drug-likeness (QED) is 0.577. The van der Waals surface area contributed by atoms with Crippen LogP contribution in [0.5, 0.6) is 0 Å². The first kappa shape index (κ1) is 18.4. The van der Waals surface area contributed by atoms with E-state index in [0.717, 1.165) is 19.3 Å². The van der Waals surface area contributed by atoms with Gasteiger partial charge in [0, 0.05) is 38.3 Å². The fourth-order valence-electron chi connectivity index (χ4n) is 2.48. The van der Waals surface area contributed by atoms with Gasteiger partial charge in [-0.15, -0.1) is 0 Å². The van der Waals surface area contributed by atoms with Gasteiger partial charge in [-0.2, -0.15) is 0 Å². The Labute approximate surface area is 142 Å². The van der Waals surface area contributed by atoms with E-state index >= 15 is 0 Å². The van der Waals surface area contributed by atoms with E-state index in [1.807, 2.05) is 6.92 Å². The fraction of sp³-hybridized carbons (Fsp3) is 0.500. The Balaban J connectivity index is 2.09. The third-order valence-corrected chi connectivity index (χ3v) is 5.42. The van der Waals surface area contributed by atoms with Crippen molar-refractivity contribution in [3.63, 3.8) is 0 Å². The highest BCUT2D eigenvalue weighted by molar-refractivity contribution is 7.89. The number of piperazine rings is 1. The molecule has 24 heavy (non-hydrogen) atoms. The molecule has 0 saturated carbocycles. The highest BCUT2D eigenvalue weighted by atomic mass is 32.2. The molecule has 1 aliphatic heterocycles. The molecule has 1 saturated heterocycles. The standard InChI is InChI=1S/C16H23N3O4S/c1-2-3-7-17-24(22,23)15-6-4-5-14(12-15)16(21)19-10-8-18(13-20)9-11-19/h4-6,12-13,17H,2-3,7-11H2,1H3. The Bertz CT molecular complexity index is 682. The maximum absolute atomic E-state index is 12.5. The van der Waals surface area contributed by atoms with Crippen LogP contribution in [0.3, 0.4) is 0 Å². The zero-order valence-electron chi connectivity index (χ0n) is 13.8. The molecule has 1 fully saturated rings. The van der Waals surface area contributed by atoms with Gasteiger partial charge in [0.05, 0.1) is 4.90 Å². The van der Waals surface area contributed by atoms with Crippen LogP contribution in [0.2, 0.25) is 0 Å². The number of carbonyl (C=O) groups excluding carboxylic acids is 2. The Morgan fingerprint density at radius 2 is 1.96 bits per heavy atom. The van der Waals surface area contributed by atoms with Gasteiger partial charge >= 0.3 is 0 Å². The highest BCUT2D eigenvalue weighted by Crippen LogP contribution is 2.14. The number of amides is 2. The molecule has 1 aromatic carbocycles. The second kappa shape index (κ2) is 8.25. The molecule has 0 aromatic heterocycles. The van der Waals surface area contributed by atoms with Crippen LogP contribution >= 0.6 is 0 Å². The lowest BCUT2D eigenvalue weighted by molar-refractivity contribution is -0.119. The van der Waals surface area contributed by atoms with E-state index in [9.17, 15) is 18.0 Å². The largest absolute Gasteiger partial charge is 0.342 e. The van der Waals surface area contributed by atoms with Crippen LogP contribution < -0.4 is 4.72 Å². The lowest BCUT2D eigenvalue weighted by Crippen LogP contribution is -2.48. The third kappa shape index (κ3) is 4.55. The maximum atomic E-state index is 12.5. The molecule has 0 radical (unpaired) electrons. The van der Waals surface area contributed by atoms with Gasteiger partial charge in [-0.25, -0.2) is 13.1 Å². The zero-order valence-corrected chi connectivity index (χ0v) is 14.6. The van der Waals surface area contributed by atoms with Crippen LogP contribution in [-0.4, -0.2) is 63.3 Å². The highest BCUT2D eigenvalue weighted by Gasteiger charge is 2.22. The molecule has 1 aromatic rings. The van der Waals surface area contributed by atoms with Crippen LogP contribution in [0.15, 0.2) is 29.2 Å². The molecule has 2 rings (SSSR count). The summed E-state index contributed by atoms with van der Waals surface area (Å²) in [6, 6.07) is 6.07. The van der Waals surface area contributed by atoms with Crippen molar-refractivity contribution in [2.24, 2.45) is 0 Å². The van der Waals surface area contributed by atoms with E-state index in [0.29, 0.717) is 38.3 Å². The minimum atomic E-state index is -3.61. The Hall–Kier alpha value is -1.93. The molecular weight excluding hydrogens is 330 g/mol. The number of hydrogen-bond donors (Lipinski definition) is 1. The first-order chi connectivity index (χ1) is 11.5. The topological polar surface area (TPSA) is 86.8 Å². The summed E-state index contributed by atoms with van der Waals surface area (Å²) >= 11 is 0. The molecule has 0 unspecified atom stereocenters. The lowest BCUT2D eigenvalue weighted by Gasteiger charge is -2.32. The number of nitrogens with zero attached hydrogens (tertiary/aromatic N) is 2. The molecule has 0 bridgehead atoms. The first-order valence-electron chi connectivity index (χ1n) is 8.06. The van der Waals surface area contributed by atoms with Gasteiger partial charge in [0.1, 0.15) is 0 Å². The van der Waals surface area contributed by atoms with Gasteiger partial charge in [0.25, 0.3) is 5.91 Å². The Kier molecular flexibility index (Phi) is 6.33. The molecule has 1 aliphatic rings. The molecule has 0 atom stereocenters. The zero-order chi connectivity index (χ0) is 17.6. The van der Waals surface area contributed by atoms with E-state index in [1.165, 1.54) is 12.1 Å². The Morgan fingerprint density at radius 3 is 2.58 bits per heavy atom. The van der Waals surface area contributed by atoms with Crippen molar-refractivity contribution in [2.45, 2.75) is 24.7 Å². The molecule has 0 aliphatic carbocycles. The summed E-state index contributed by atoms with van der Waals surface area (Å²) in [6.45, 7) is 4.24. The predicted octanol–water partition coefficient (Wildman–Crippen LogP) is 0.679. The summed E-state index contributed by atoms with van der Waals surface area (Å²) in [5.41, 5.74) is 0.341. The number of sulfonamides is 1. The molecule has 132 valence electrons. The fourth-order valence-corrected chi connectivity index (χ4v) is 3.60. The van der Waals surface area contributed by atoms with Gasteiger partial charge in [0.15, 0.2) is 0 Å². The maximum Gasteiger partial charge on any atom is 0.254 e.